The normalized spacial score (nSPS) is 10.2. The van der Waals surface area contributed by atoms with Crippen molar-refractivity contribution in [3.8, 4) is 11.3 Å². The minimum absolute atomic E-state index is 0.0574. The number of ether oxygens (including phenoxy) is 1. The third-order valence-electron chi connectivity index (χ3n) is 4.30. The molecule has 0 atom stereocenters. The number of hydrogen-bond acceptors (Lipinski definition) is 5. The molecule has 1 aromatic heterocycles. The third kappa shape index (κ3) is 4.70. The lowest BCUT2D eigenvalue weighted by Crippen LogP contribution is -1.95. The molecule has 0 spiro atoms. The topological polar surface area (TPSA) is 82.0 Å². The first-order valence-corrected chi connectivity index (χ1v) is 9.45. The van der Waals surface area contributed by atoms with E-state index in [9.17, 15) is 5.11 Å². The minimum Gasteiger partial charge on any atom is -0.470 e. The summed E-state index contributed by atoms with van der Waals surface area (Å²) >= 11 is 12.8. The van der Waals surface area contributed by atoms with Gasteiger partial charge in [0, 0.05) is 21.7 Å². The maximum Gasteiger partial charge on any atom is 0.441 e. The average molecular weight is 431 g/mol. The van der Waals surface area contributed by atoms with Crippen molar-refractivity contribution in [2.45, 2.75) is 27.4 Å². The molecule has 0 unspecified atom stereocenters. The summed E-state index contributed by atoms with van der Waals surface area (Å²) in [5, 5.41) is 18.9. The predicted octanol–water partition coefficient (Wildman–Crippen LogP) is 6.15. The first-order chi connectivity index (χ1) is 13.9. The lowest BCUT2D eigenvalue weighted by molar-refractivity contribution is -0.0723. The monoisotopic (exact) mass is 430 g/mol. The van der Waals surface area contributed by atoms with Gasteiger partial charge in [-0.05, 0) is 49.6 Å². The van der Waals surface area contributed by atoms with Crippen molar-refractivity contribution in [1.82, 2.24) is 5.16 Å². The van der Waals surface area contributed by atoms with Gasteiger partial charge in [0.2, 0.25) is 0 Å². The fourth-order valence-corrected chi connectivity index (χ4v) is 3.26. The number of nitrogens with zero attached hydrogens (tertiary/aromatic N) is 3. The van der Waals surface area contributed by atoms with Gasteiger partial charge in [-0.2, -0.15) is 0 Å². The Morgan fingerprint density at radius 1 is 1.14 bits per heavy atom. The van der Waals surface area contributed by atoms with Crippen LogP contribution in [0.3, 0.4) is 0 Å². The molecule has 0 saturated carbocycles. The van der Waals surface area contributed by atoms with E-state index in [0.717, 1.165) is 22.3 Å². The molecule has 3 aromatic rings. The number of aliphatic hydroxyl groups is 1. The maximum absolute atomic E-state index is 9.74. The molecule has 0 aliphatic heterocycles. The fourth-order valence-electron chi connectivity index (χ4n) is 2.83. The lowest BCUT2D eigenvalue weighted by atomic mass is 9.97. The highest BCUT2D eigenvalue weighted by Gasteiger charge is 2.19. The number of rotatable bonds is 5. The van der Waals surface area contributed by atoms with E-state index in [2.05, 4.69) is 20.9 Å². The van der Waals surface area contributed by atoms with Crippen LogP contribution in [0.4, 0.5) is 5.69 Å². The molecule has 8 heteroatoms. The molecular weight excluding hydrogens is 413 g/mol. The largest absolute Gasteiger partial charge is 0.470 e. The predicted molar refractivity (Wildman–Crippen MR) is 111 cm³/mol. The van der Waals surface area contributed by atoms with E-state index in [1.807, 2.05) is 39.0 Å². The van der Waals surface area contributed by atoms with Gasteiger partial charge in [-0.15, -0.1) is 0 Å². The van der Waals surface area contributed by atoms with Gasteiger partial charge in [-0.1, -0.05) is 46.6 Å². The van der Waals surface area contributed by atoms with Gasteiger partial charge in [0.05, 0.1) is 0 Å². The molecule has 0 bridgehead atoms. The summed E-state index contributed by atoms with van der Waals surface area (Å²) in [7, 11) is 0. The summed E-state index contributed by atoms with van der Waals surface area (Å²) in [6.07, 6.45) is 0. The first kappa shape index (κ1) is 20.7. The summed E-state index contributed by atoms with van der Waals surface area (Å²) in [6, 6.07) is 10.8. The molecule has 3 rings (SSSR count). The number of hydrogen-bond donors (Lipinski definition) is 1. The highest BCUT2D eigenvalue weighted by molar-refractivity contribution is 6.37. The molecule has 0 aliphatic rings. The zero-order valence-corrected chi connectivity index (χ0v) is 17.5. The molecule has 29 heavy (non-hydrogen) atoms. The second-order valence-electron chi connectivity index (χ2n) is 6.30. The standard InChI is InChI=1S/C21H17Cl2N3O3/c1-12-19(13(2)21(23)14(3)20(12)22)17-9-16(29-26-17)11-28-18(27)10-24-25-15-7-5-4-6-8-15/h4-9H,11H2,1-3H3/p+1. The van der Waals surface area contributed by atoms with Crippen LogP contribution < -0.4 is 0 Å². The van der Waals surface area contributed by atoms with E-state index in [4.69, 9.17) is 32.5 Å². The van der Waals surface area contributed by atoms with Crippen LogP contribution in [0, 0.1) is 20.8 Å². The van der Waals surface area contributed by atoms with E-state index in [1.165, 1.54) is 0 Å². The molecular formula is C21H18Cl2N3O3+. The SMILES string of the molecule is Cc1c(Cl)c(C)c(-c2cc(COC(O)=C=[N+]=Nc3ccccc3)on2)c(C)c1Cl. The van der Waals surface area contributed by atoms with E-state index in [1.54, 1.807) is 18.2 Å². The summed E-state index contributed by atoms with van der Waals surface area (Å²) < 4.78 is 10.5. The van der Waals surface area contributed by atoms with Crippen LogP contribution in [-0.2, 0) is 11.3 Å². The molecule has 0 amide bonds. The van der Waals surface area contributed by atoms with Gasteiger partial charge < -0.3 is 14.4 Å². The van der Waals surface area contributed by atoms with Crippen LogP contribution in [0.15, 0.2) is 52.0 Å². The molecule has 148 valence electrons. The average Bonchev–Trinajstić information content (AvgIpc) is 3.19. The molecule has 1 heterocycles. The van der Waals surface area contributed by atoms with Crippen molar-refractivity contribution < 1.29 is 19.2 Å². The Morgan fingerprint density at radius 2 is 1.79 bits per heavy atom. The van der Waals surface area contributed by atoms with Crippen LogP contribution in [-0.4, -0.2) is 20.9 Å². The van der Waals surface area contributed by atoms with Crippen molar-refractivity contribution in [2.75, 3.05) is 0 Å². The molecule has 6 nitrogen and oxygen atoms in total. The molecule has 2 aromatic carbocycles. The van der Waals surface area contributed by atoms with E-state index in [0.29, 0.717) is 27.2 Å². The van der Waals surface area contributed by atoms with Crippen LogP contribution in [0.2, 0.25) is 10.0 Å². The zero-order valence-electron chi connectivity index (χ0n) is 16.0. The summed E-state index contributed by atoms with van der Waals surface area (Å²) in [6.45, 7) is 5.62. The van der Waals surface area contributed by atoms with Crippen molar-refractivity contribution in [1.29, 1.82) is 0 Å². The van der Waals surface area contributed by atoms with Crippen molar-refractivity contribution in [3.63, 3.8) is 0 Å². The van der Waals surface area contributed by atoms with Gasteiger partial charge in [-0.3, -0.25) is 0 Å². The Hall–Kier alpha value is -3.01. The maximum atomic E-state index is 9.74. The fraction of sp³-hybridized carbons (Fsp3) is 0.190. The molecule has 0 aliphatic carbocycles. The third-order valence-corrected chi connectivity index (χ3v) is 5.43. The Labute approximate surface area is 177 Å². The van der Waals surface area contributed by atoms with Gasteiger partial charge >= 0.3 is 11.8 Å². The second kappa shape index (κ2) is 8.99. The van der Waals surface area contributed by atoms with Crippen LogP contribution in [0.1, 0.15) is 22.5 Å². The highest BCUT2D eigenvalue weighted by Crippen LogP contribution is 2.39. The molecule has 0 radical (unpaired) electrons. The van der Waals surface area contributed by atoms with E-state index >= 15 is 0 Å². The summed E-state index contributed by atoms with van der Waals surface area (Å²) in [4.78, 5) is 3.64. The van der Waals surface area contributed by atoms with Crippen LogP contribution in [0.5, 0.6) is 0 Å². The Balaban J connectivity index is 1.77. The summed E-state index contributed by atoms with van der Waals surface area (Å²) in [5.41, 5.74) is 4.58. The van der Waals surface area contributed by atoms with Gasteiger partial charge in [0.15, 0.2) is 12.4 Å². The molecule has 0 saturated heterocycles. The lowest BCUT2D eigenvalue weighted by Gasteiger charge is -2.14. The number of halogens is 2. The molecule has 0 fully saturated rings. The first-order valence-electron chi connectivity index (χ1n) is 8.69. The smallest absolute Gasteiger partial charge is 0.441 e. The van der Waals surface area contributed by atoms with Gasteiger partial charge in [0.1, 0.15) is 21.3 Å². The van der Waals surface area contributed by atoms with Crippen molar-refractivity contribution in [3.05, 3.63) is 74.8 Å². The van der Waals surface area contributed by atoms with Gasteiger partial charge in [-0.25, -0.2) is 0 Å². The Kier molecular flexibility index (Phi) is 6.42. The zero-order chi connectivity index (χ0) is 21.0. The van der Waals surface area contributed by atoms with E-state index < -0.39 is 5.95 Å². The van der Waals surface area contributed by atoms with Crippen LogP contribution >= 0.6 is 23.2 Å². The van der Waals surface area contributed by atoms with Crippen LogP contribution in [0.25, 0.3) is 11.3 Å². The number of aromatic nitrogens is 1. The number of aliphatic hydroxyl groups excluding tert-OH is 1. The quantitative estimate of drug-likeness (QED) is 0.227. The second-order valence-corrected chi connectivity index (χ2v) is 7.05. The number of benzene rings is 2. The van der Waals surface area contributed by atoms with Crippen molar-refractivity contribution >= 4 is 34.8 Å². The summed E-state index contributed by atoms with van der Waals surface area (Å²) in [5.74, 6) is 2.18. The highest BCUT2D eigenvalue weighted by atomic mass is 35.5. The Bertz CT molecular complexity index is 1110. The van der Waals surface area contributed by atoms with E-state index in [-0.39, 0.29) is 6.61 Å². The van der Waals surface area contributed by atoms with Gasteiger partial charge in [0.25, 0.3) is 0 Å². The molecule has 1 N–H and O–H groups in total. The minimum atomic E-state index is -0.517. The van der Waals surface area contributed by atoms with Crippen molar-refractivity contribution in [2.24, 2.45) is 5.11 Å². The Morgan fingerprint density at radius 3 is 2.45 bits per heavy atom.